The molecule has 0 radical (unpaired) electrons. The topological polar surface area (TPSA) is 84.9 Å². The first-order valence-electron chi connectivity index (χ1n) is 4.58. The van der Waals surface area contributed by atoms with Crippen molar-refractivity contribution in [3.63, 3.8) is 0 Å². The van der Waals surface area contributed by atoms with Gasteiger partial charge in [-0.1, -0.05) is 5.16 Å². The summed E-state index contributed by atoms with van der Waals surface area (Å²) in [6, 6.07) is 2.61. The van der Waals surface area contributed by atoms with E-state index in [-0.39, 0.29) is 5.56 Å². The average Bonchev–Trinajstić information content (AvgIpc) is 2.35. The molecule has 8 heteroatoms. The normalized spacial score (nSPS) is 12.3. The van der Waals surface area contributed by atoms with E-state index in [1.807, 2.05) is 0 Å². The van der Waals surface area contributed by atoms with E-state index in [0.29, 0.717) is 6.07 Å². The van der Waals surface area contributed by atoms with Gasteiger partial charge in [0, 0.05) is 5.56 Å². The summed E-state index contributed by atoms with van der Waals surface area (Å²) in [4.78, 5) is 11.1. The van der Waals surface area contributed by atoms with Gasteiger partial charge in [-0.3, -0.25) is 0 Å². The van der Waals surface area contributed by atoms with Crippen molar-refractivity contribution in [2.75, 3.05) is 7.11 Å². The molecule has 0 atom stereocenters. The first-order chi connectivity index (χ1) is 8.31. The lowest BCUT2D eigenvalue weighted by molar-refractivity contribution is -0.137. The molecule has 1 aromatic carbocycles. The molecule has 0 aromatic heterocycles. The fraction of sp³-hybridized carbons (Fsp3) is 0.200. The van der Waals surface area contributed by atoms with Crippen LogP contribution in [0.25, 0.3) is 0 Å². The molecule has 18 heavy (non-hydrogen) atoms. The molecule has 0 bridgehead atoms. The van der Waals surface area contributed by atoms with Gasteiger partial charge in [0.2, 0.25) is 0 Å². The van der Waals surface area contributed by atoms with Gasteiger partial charge in [-0.2, -0.15) is 13.2 Å². The van der Waals surface area contributed by atoms with E-state index in [2.05, 4.69) is 9.89 Å². The number of halogens is 3. The van der Waals surface area contributed by atoms with Crippen molar-refractivity contribution in [3.8, 4) is 0 Å². The van der Waals surface area contributed by atoms with E-state index >= 15 is 0 Å². The molecule has 0 aliphatic rings. The number of nitrogens with two attached hydrogens (primary N) is 1. The average molecular weight is 262 g/mol. The van der Waals surface area contributed by atoms with Gasteiger partial charge in [-0.05, 0) is 18.2 Å². The Hall–Kier alpha value is -2.25. The van der Waals surface area contributed by atoms with Gasteiger partial charge in [-0.25, -0.2) is 4.79 Å². The number of carbonyl (C=O) groups excluding carboxylic acids is 1. The molecule has 0 aliphatic carbocycles. The summed E-state index contributed by atoms with van der Waals surface area (Å²) in [6.45, 7) is 0. The van der Waals surface area contributed by atoms with Crippen molar-refractivity contribution in [2.45, 2.75) is 6.18 Å². The van der Waals surface area contributed by atoms with Crippen molar-refractivity contribution in [2.24, 2.45) is 10.9 Å². The molecule has 5 nitrogen and oxygen atoms in total. The molecule has 0 unspecified atom stereocenters. The molecule has 1 rings (SSSR count). The Bertz CT molecular complexity index is 498. The minimum atomic E-state index is -4.74. The number of rotatable bonds is 2. The lowest BCUT2D eigenvalue weighted by atomic mass is 10.0. The van der Waals surface area contributed by atoms with Crippen LogP contribution in [0.15, 0.2) is 23.4 Å². The molecule has 0 saturated carbocycles. The second-order valence-electron chi connectivity index (χ2n) is 3.23. The van der Waals surface area contributed by atoms with Gasteiger partial charge >= 0.3 is 12.1 Å². The Balaban J connectivity index is 3.44. The highest BCUT2D eigenvalue weighted by atomic mass is 19.4. The number of benzene rings is 1. The third-order valence-electron chi connectivity index (χ3n) is 2.13. The van der Waals surface area contributed by atoms with E-state index in [0.717, 1.165) is 19.2 Å². The fourth-order valence-electron chi connectivity index (χ4n) is 1.30. The number of esters is 1. The smallest absolute Gasteiger partial charge is 0.417 e. The lowest BCUT2D eigenvalue weighted by Gasteiger charge is -2.12. The molecule has 0 spiro atoms. The molecule has 0 aliphatic heterocycles. The molecule has 98 valence electrons. The predicted molar refractivity (Wildman–Crippen MR) is 55.3 cm³/mol. The zero-order valence-electron chi connectivity index (χ0n) is 9.15. The molecule has 0 heterocycles. The third kappa shape index (κ3) is 2.70. The molecule has 3 N–H and O–H groups in total. The van der Waals surface area contributed by atoms with Gasteiger partial charge < -0.3 is 15.7 Å². The van der Waals surface area contributed by atoms with Gasteiger partial charge in [0.05, 0.1) is 18.2 Å². The summed E-state index contributed by atoms with van der Waals surface area (Å²) in [5.41, 5.74) is 3.16. The zero-order chi connectivity index (χ0) is 13.9. The summed E-state index contributed by atoms with van der Waals surface area (Å²) >= 11 is 0. The summed E-state index contributed by atoms with van der Waals surface area (Å²) in [7, 11) is 1.05. The highest BCUT2D eigenvalue weighted by Gasteiger charge is 2.35. The van der Waals surface area contributed by atoms with Crippen LogP contribution in [0.5, 0.6) is 0 Å². The van der Waals surface area contributed by atoms with E-state index in [9.17, 15) is 18.0 Å². The van der Waals surface area contributed by atoms with E-state index in [1.165, 1.54) is 0 Å². The molecule has 0 saturated heterocycles. The zero-order valence-corrected chi connectivity index (χ0v) is 9.15. The number of nitrogens with zero attached hydrogens (tertiary/aromatic N) is 1. The predicted octanol–water partition coefficient (Wildman–Crippen LogP) is 1.59. The molecule has 0 fully saturated rings. The van der Waals surface area contributed by atoms with Crippen LogP contribution in [0.2, 0.25) is 0 Å². The third-order valence-corrected chi connectivity index (χ3v) is 2.13. The fourth-order valence-corrected chi connectivity index (χ4v) is 1.30. The monoisotopic (exact) mass is 262 g/mol. The van der Waals surface area contributed by atoms with Crippen LogP contribution >= 0.6 is 0 Å². The van der Waals surface area contributed by atoms with Gasteiger partial charge in [0.1, 0.15) is 0 Å². The van der Waals surface area contributed by atoms with E-state index in [4.69, 9.17) is 10.9 Å². The number of ether oxygens (including phenoxy) is 1. The first-order valence-corrected chi connectivity index (χ1v) is 4.58. The SMILES string of the molecule is COC(=O)c1ccc(/C(N)=N/O)c(C(F)(F)F)c1. The summed E-state index contributed by atoms with van der Waals surface area (Å²) in [5, 5.41) is 10.9. The van der Waals surface area contributed by atoms with Crippen LogP contribution in [0.4, 0.5) is 13.2 Å². The first kappa shape index (κ1) is 13.8. The number of carbonyl (C=O) groups is 1. The van der Waals surface area contributed by atoms with Crippen LogP contribution in [0.3, 0.4) is 0 Å². The van der Waals surface area contributed by atoms with Crippen molar-refractivity contribution in [1.29, 1.82) is 0 Å². The highest BCUT2D eigenvalue weighted by Crippen LogP contribution is 2.32. The molecular formula is C10H9F3N2O3. The van der Waals surface area contributed by atoms with Crippen molar-refractivity contribution in [3.05, 3.63) is 34.9 Å². The van der Waals surface area contributed by atoms with Crippen LogP contribution in [-0.4, -0.2) is 24.1 Å². The maximum atomic E-state index is 12.7. The number of alkyl halides is 3. The minimum absolute atomic E-state index is 0.278. The Labute approximate surface area is 99.6 Å². The second-order valence-corrected chi connectivity index (χ2v) is 3.23. The van der Waals surface area contributed by atoms with Crippen LogP contribution in [-0.2, 0) is 10.9 Å². The maximum absolute atomic E-state index is 12.7. The van der Waals surface area contributed by atoms with Gasteiger partial charge in [0.25, 0.3) is 0 Å². The summed E-state index contributed by atoms with van der Waals surface area (Å²) in [6.07, 6.45) is -4.74. The van der Waals surface area contributed by atoms with Crippen LogP contribution in [0.1, 0.15) is 21.5 Å². The van der Waals surface area contributed by atoms with Gasteiger partial charge in [-0.15, -0.1) is 0 Å². The van der Waals surface area contributed by atoms with Crippen molar-refractivity contribution >= 4 is 11.8 Å². The number of hydrogen-bond donors (Lipinski definition) is 2. The largest absolute Gasteiger partial charge is 0.465 e. The van der Waals surface area contributed by atoms with Crippen molar-refractivity contribution in [1.82, 2.24) is 0 Å². The number of methoxy groups -OCH3 is 1. The van der Waals surface area contributed by atoms with Crippen LogP contribution < -0.4 is 5.73 Å². The Morgan fingerprint density at radius 3 is 2.50 bits per heavy atom. The molecular weight excluding hydrogens is 253 g/mol. The van der Waals surface area contributed by atoms with Crippen LogP contribution in [0, 0.1) is 0 Å². The summed E-state index contributed by atoms with van der Waals surface area (Å²) < 4.78 is 42.6. The number of amidine groups is 1. The number of hydrogen-bond acceptors (Lipinski definition) is 4. The quantitative estimate of drug-likeness (QED) is 0.278. The highest BCUT2D eigenvalue weighted by molar-refractivity contribution is 6.00. The number of oxime groups is 1. The van der Waals surface area contributed by atoms with E-state index < -0.39 is 29.1 Å². The van der Waals surface area contributed by atoms with Crippen molar-refractivity contribution < 1.29 is 27.9 Å². The molecule has 1 aromatic rings. The van der Waals surface area contributed by atoms with E-state index in [1.54, 1.807) is 0 Å². The lowest BCUT2D eigenvalue weighted by Crippen LogP contribution is -2.20. The Kier molecular flexibility index (Phi) is 3.79. The minimum Gasteiger partial charge on any atom is -0.465 e. The maximum Gasteiger partial charge on any atom is 0.417 e. The summed E-state index contributed by atoms with van der Waals surface area (Å²) in [5.74, 6) is -1.61. The van der Waals surface area contributed by atoms with Gasteiger partial charge in [0.15, 0.2) is 5.84 Å². The standard InChI is InChI=1S/C10H9F3N2O3/c1-18-9(16)5-2-3-6(8(14)15-17)7(4-5)10(11,12)13/h2-4,17H,1H3,(H2,14,15). The Morgan fingerprint density at radius 1 is 1.44 bits per heavy atom. The Morgan fingerprint density at radius 2 is 2.06 bits per heavy atom. The molecule has 0 amide bonds. The second kappa shape index (κ2) is 4.94.